The molecule has 0 bridgehead atoms. The number of hydrogen-bond donors (Lipinski definition) is 1. The SMILES string of the molecule is COc1ccccc1C(CNC(=O)/C=C/c1cccs1)N1CCCC1. The Kier molecular flexibility index (Phi) is 6.25. The Morgan fingerprint density at radius 3 is 2.80 bits per heavy atom. The van der Waals surface area contributed by atoms with E-state index in [1.54, 1.807) is 24.5 Å². The predicted molar refractivity (Wildman–Crippen MR) is 103 cm³/mol. The third-order valence-corrected chi connectivity index (χ3v) is 5.33. The summed E-state index contributed by atoms with van der Waals surface area (Å²) in [6, 6.07) is 12.2. The summed E-state index contributed by atoms with van der Waals surface area (Å²) >= 11 is 1.62. The summed E-state index contributed by atoms with van der Waals surface area (Å²) in [5.41, 5.74) is 1.13. The highest BCUT2D eigenvalue weighted by Crippen LogP contribution is 2.31. The summed E-state index contributed by atoms with van der Waals surface area (Å²) in [7, 11) is 1.70. The Hall–Kier alpha value is -2.11. The Morgan fingerprint density at radius 2 is 2.08 bits per heavy atom. The lowest BCUT2D eigenvalue weighted by Crippen LogP contribution is -2.36. The largest absolute Gasteiger partial charge is 0.496 e. The van der Waals surface area contributed by atoms with Gasteiger partial charge in [-0.25, -0.2) is 0 Å². The Labute approximate surface area is 153 Å². The van der Waals surface area contributed by atoms with Crippen molar-refractivity contribution in [2.75, 3.05) is 26.7 Å². The van der Waals surface area contributed by atoms with Gasteiger partial charge < -0.3 is 10.1 Å². The van der Waals surface area contributed by atoms with Crippen molar-refractivity contribution in [3.05, 3.63) is 58.3 Å². The molecule has 132 valence electrons. The number of benzene rings is 1. The molecule has 25 heavy (non-hydrogen) atoms. The summed E-state index contributed by atoms with van der Waals surface area (Å²) in [4.78, 5) is 15.7. The zero-order valence-electron chi connectivity index (χ0n) is 14.5. The monoisotopic (exact) mass is 356 g/mol. The summed E-state index contributed by atoms with van der Waals surface area (Å²) in [6.45, 7) is 2.70. The van der Waals surface area contributed by atoms with Crippen LogP contribution >= 0.6 is 11.3 Å². The van der Waals surface area contributed by atoms with Crippen LogP contribution in [0.25, 0.3) is 6.08 Å². The van der Waals surface area contributed by atoms with E-state index in [-0.39, 0.29) is 11.9 Å². The average Bonchev–Trinajstić information content (AvgIpc) is 3.34. The molecule has 2 aromatic rings. The first-order valence-electron chi connectivity index (χ1n) is 8.64. The number of nitrogens with zero attached hydrogens (tertiary/aromatic N) is 1. The molecular formula is C20H24N2O2S. The molecule has 1 saturated heterocycles. The van der Waals surface area contributed by atoms with E-state index in [1.165, 1.54) is 12.8 Å². The van der Waals surface area contributed by atoms with Crippen molar-refractivity contribution in [1.82, 2.24) is 10.2 Å². The zero-order valence-corrected chi connectivity index (χ0v) is 15.3. The van der Waals surface area contributed by atoms with E-state index in [4.69, 9.17) is 4.74 Å². The van der Waals surface area contributed by atoms with E-state index in [0.717, 1.165) is 29.3 Å². The van der Waals surface area contributed by atoms with Crippen LogP contribution in [0.5, 0.6) is 5.75 Å². The van der Waals surface area contributed by atoms with Gasteiger partial charge in [-0.2, -0.15) is 0 Å². The number of ether oxygens (including phenoxy) is 1. The van der Waals surface area contributed by atoms with Crippen LogP contribution in [-0.4, -0.2) is 37.6 Å². The van der Waals surface area contributed by atoms with Gasteiger partial charge in [-0.3, -0.25) is 9.69 Å². The first-order chi connectivity index (χ1) is 12.3. The van der Waals surface area contributed by atoms with E-state index in [0.29, 0.717) is 6.54 Å². The van der Waals surface area contributed by atoms with Crippen molar-refractivity contribution in [2.45, 2.75) is 18.9 Å². The van der Waals surface area contributed by atoms with Crippen molar-refractivity contribution in [1.29, 1.82) is 0 Å². The van der Waals surface area contributed by atoms with E-state index in [9.17, 15) is 4.79 Å². The summed E-state index contributed by atoms with van der Waals surface area (Å²) < 4.78 is 5.54. The van der Waals surface area contributed by atoms with Gasteiger partial charge in [-0.05, 0) is 49.5 Å². The molecule has 1 aliphatic heterocycles. The molecule has 0 saturated carbocycles. The van der Waals surface area contributed by atoms with E-state index < -0.39 is 0 Å². The maximum atomic E-state index is 12.2. The molecule has 1 fully saturated rings. The van der Waals surface area contributed by atoms with Gasteiger partial charge >= 0.3 is 0 Å². The number of carbonyl (C=O) groups is 1. The third-order valence-electron chi connectivity index (χ3n) is 4.49. The summed E-state index contributed by atoms with van der Waals surface area (Å²) in [5, 5.41) is 5.06. The van der Waals surface area contributed by atoms with Gasteiger partial charge in [0.15, 0.2) is 0 Å². The Bertz CT molecular complexity index is 706. The lowest BCUT2D eigenvalue weighted by molar-refractivity contribution is -0.116. The van der Waals surface area contributed by atoms with Gasteiger partial charge in [-0.15, -0.1) is 11.3 Å². The normalized spacial score (nSPS) is 16.2. The van der Waals surface area contributed by atoms with Crippen LogP contribution in [0, 0.1) is 0 Å². The molecule has 2 heterocycles. The Balaban J connectivity index is 1.68. The molecule has 0 spiro atoms. The Morgan fingerprint density at radius 1 is 1.28 bits per heavy atom. The number of carbonyl (C=O) groups excluding carboxylic acids is 1. The van der Waals surface area contributed by atoms with Crippen molar-refractivity contribution in [2.24, 2.45) is 0 Å². The van der Waals surface area contributed by atoms with Gasteiger partial charge in [0.25, 0.3) is 0 Å². The topological polar surface area (TPSA) is 41.6 Å². The molecule has 0 aliphatic carbocycles. The van der Waals surface area contributed by atoms with Crippen LogP contribution in [0.1, 0.15) is 29.3 Å². The van der Waals surface area contributed by atoms with Gasteiger partial charge in [0.05, 0.1) is 13.2 Å². The summed E-state index contributed by atoms with van der Waals surface area (Å²) in [5.74, 6) is 0.815. The van der Waals surface area contributed by atoms with Crippen LogP contribution in [0.3, 0.4) is 0 Å². The molecule has 0 radical (unpaired) electrons. The standard InChI is InChI=1S/C20H24N2O2S/c1-24-19-9-3-2-8-17(19)18(22-12-4-5-13-22)15-21-20(23)11-10-16-7-6-14-25-16/h2-3,6-11,14,18H,4-5,12-13,15H2,1H3,(H,21,23)/b11-10+. The van der Waals surface area contributed by atoms with E-state index in [2.05, 4.69) is 16.3 Å². The number of para-hydroxylation sites is 1. The van der Waals surface area contributed by atoms with Crippen molar-refractivity contribution < 1.29 is 9.53 Å². The lowest BCUT2D eigenvalue weighted by Gasteiger charge is -2.29. The van der Waals surface area contributed by atoms with Crippen LogP contribution in [0.2, 0.25) is 0 Å². The van der Waals surface area contributed by atoms with Crippen LogP contribution in [0.15, 0.2) is 47.9 Å². The fourth-order valence-corrected chi connectivity index (χ4v) is 3.85. The van der Waals surface area contributed by atoms with Crippen molar-refractivity contribution in [3.8, 4) is 5.75 Å². The minimum atomic E-state index is -0.0625. The molecule has 3 rings (SSSR count). The molecular weight excluding hydrogens is 332 g/mol. The maximum absolute atomic E-state index is 12.2. The fourth-order valence-electron chi connectivity index (χ4n) is 3.23. The molecule has 1 aromatic heterocycles. The van der Waals surface area contributed by atoms with Crippen LogP contribution in [0.4, 0.5) is 0 Å². The molecule has 1 aliphatic rings. The molecule has 1 N–H and O–H groups in total. The molecule has 1 amide bonds. The average molecular weight is 356 g/mol. The highest BCUT2D eigenvalue weighted by Gasteiger charge is 2.25. The third kappa shape index (κ3) is 4.71. The molecule has 1 aromatic carbocycles. The second-order valence-electron chi connectivity index (χ2n) is 6.09. The molecule has 1 unspecified atom stereocenters. The number of likely N-dealkylation sites (tertiary alicyclic amines) is 1. The van der Waals surface area contributed by atoms with Crippen molar-refractivity contribution >= 4 is 23.3 Å². The first-order valence-corrected chi connectivity index (χ1v) is 9.52. The quantitative estimate of drug-likeness (QED) is 0.769. The van der Waals surface area contributed by atoms with Crippen molar-refractivity contribution in [3.63, 3.8) is 0 Å². The number of thiophene rings is 1. The van der Waals surface area contributed by atoms with Gasteiger partial charge in [0.2, 0.25) is 5.91 Å². The minimum absolute atomic E-state index is 0.0625. The van der Waals surface area contributed by atoms with Crippen LogP contribution < -0.4 is 10.1 Å². The zero-order chi connectivity index (χ0) is 17.5. The van der Waals surface area contributed by atoms with Gasteiger partial charge in [0.1, 0.15) is 5.75 Å². The number of nitrogens with one attached hydrogen (secondary N) is 1. The minimum Gasteiger partial charge on any atom is -0.496 e. The number of rotatable bonds is 7. The van der Waals surface area contributed by atoms with Gasteiger partial charge in [0, 0.05) is 23.1 Å². The molecule has 5 heteroatoms. The number of methoxy groups -OCH3 is 1. The first kappa shape index (κ1) is 17.7. The highest BCUT2D eigenvalue weighted by atomic mass is 32.1. The fraction of sp³-hybridized carbons (Fsp3) is 0.350. The van der Waals surface area contributed by atoms with E-state index >= 15 is 0 Å². The smallest absolute Gasteiger partial charge is 0.244 e. The second kappa shape index (κ2) is 8.83. The van der Waals surface area contributed by atoms with Crippen LogP contribution in [-0.2, 0) is 4.79 Å². The van der Waals surface area contributed by atoms with E-state index in [1.807, 2.05) is 41.8 Å². The lowest BCUT2D eigenvalue weighted by atomic mass is 10.0. The molecule has 4 nitrogen and oxygen atoms in total. The second-order valence-corrected chi connectivity index (χ2v) is 7.07. The van der Waals surface area contributed by atoms with Gasteiger partial charge in [-0.1, -0.05) is 24.3 Å². The number of amides is 1. The predicted octanol–water partition coefficient (Wildman–Crippen LogP) is 3.72. The maximum Gasteiger partial charge on any atom is 0.244 e. The number of hydrogen-bond acceptors (Lipinski definition) is 4. The summed E-state index contributed by atoms with van der Waals surface area (Å²) in [6.07, 6.45) is 5.87. The highest BCUT2D eigenvalue weighted by molar-refractivity contribution is 7.10. The molecule has 1 atom stereocenters.